The van der Waals surface area contributed by atoms with Crippen LogP contribution in [0.25, 0.3) is 0 Å². The molecule has 2 aliphatic heterocycles. The van der Waals surface area contributed by atoms with Crippen molar-refractivity contribution in [2.45, 2.75) is 19.0 Å². The monoisotopic (exact) mass is 545 g/mol. The van der Waals surface area contributed by atoms with Gasteiger partial charge in [0.1, 0.15) is 0 Å². The second-order valence-electron chi connectivity index (χ2n) is 9.88. The molecule has 2 aromatic carbocycles. The molecule has 0 bridgehead atoms. The number of rotatable bonds is 5. The highest BCUT2D eigenvalue weighted by atomic mass is 19.4. The first-order valence-electron chi connectivity index (χ1n) is 13.0. The number of nitrogens with zero attached hydrogens (tertiary/aromatic N) is 3. The Morgan fingerprint density at radius 3 is 2.18 bits per heavy atom. The van der Waals surface area contributed by atoms with Gasteiger partial charge in [-0.15, -0.1) is 0 Å². The van der Waals surface area contributed by atoms with Gasteiger partial charge >= 0.3 is 12.2 Å². The van der Waals surface area contributed by atoms with E-state index in [1.807, 2.05) is 11.0 Å². The number of alkyl halides is 3. The topological polar surface area (TPSA) is 94.2 Å². The molecule has 1 saturated carbocycles. The summed E-state index contributed by atoms with van der Waals surface area (Å²) in [4.78, 5) is 43.8. The number of piperazine rings is 1. The number of carbonyl (C=O) groups is 3. The standard InChI is InChI=1S/C27H30F3N5O4/c28-27(29,30)19-2-1-3-20(16-19)32-26(38)35-10-8-33(9-11-35)23-7-6-21(31-24(36)18-4-5-18)17-22(23)25(37)34-12-14-39-15-13-34/h1-3,6-7,16-18H,4-5,8-15H2,(H,31,36)(H,32,38). The Labute approximate surface area is 223 Å². The molecule has 2 aromatic rings. The minimum atomic E-state index is -4.50. The van der Waals surface area contributed by atoms with E-state index in [9.17, 15) is 27.6 Å². The van der Waals surface area contributed by atoms with Crippen LogP contribution in [0.4, 0.5) is 35.0 Å². The smallest absolute Gasteiger partial charge is 0.378 e. The lowest BCUT2D eigenvalue weighted by Crippen LogP contribution is -2.50. The fourth-order valence-corrected chi connectivity index (χ4v) is 4.71. The maximum absolute atomic E-state index is 13.5. The van der Waals surface area contributed by atoms with Crippen LogP contribution in [-0.2, 0) is 15.7 Å². The van der Waals surface area contributed by atoms with Gasteiger partial charge in [-0.3, -0.25) is 9.59 Å². The number of carbonyl (C=O) groups excluding carboxylic acids is 3. The number of benzene rings is 2. The van der Waals surface area contributed by atoms with Crippen molar-refractivity contribution < 1.29 is 32.3 Å². The van der Waals surface area contributed by atoms with Gasteiger partial charge in [-0.25, -0.2) is 4.79 Å². The van der Waals surface area contributed by atoms with Crippen LogP contribution in [0.1, 0.15) is 28.8 Å². The number of urea groups is 1. The first-order valence-corrected chi connectivity index (χ1v) is 13.0. The van der Waals surface area contributed by atoms with Crippen molar-refractivity contribution in [1.82, 2.24) is 9.80 Å². The third-order valence-corrected chi connectivity index (χ3v) is 7.09. The molecule has 0 aromatic heterocycles. The van der Waals surface area contributed by atoms with Crippen LogP contribution >= 0.6 is 0 Å². The van der Waals surface area contributed by atoms with E-state index in [2.05, 4.69) is 10.6 Å². The first kappa shape index (κ1) is 26.8. The molecule has 12 heteroatoms. The number of hydrogen-bond acceptors (Lipinski definition) is 5. The molecule has 3 fully saturated rings. The van der Waals surface area contributed by atoms with E-state index >= 15 is 0 Å². The number of anilines is 3. The molecule has 2 N–H and O–H groups in total. The van der Waals surface area contributed by atoms with Crippen molar-refractivity contribution in [3.05, 3.63) is 53.6 Å². The van der Waals surface area contributed by atoms with E-state index in [0.717, 1.165) is 25.0 Å². The van der Waals surface area contributed by atoms with Crippen LogP contribution in [0.3, 0.4) is 0 Å². The number of morpholine rings is 1. The Hall–Kier alpha value is -3.80. The molecule has 2 saturated heterocycles. The first-order chi connectivity index (χ1) is 18.7. The molecule has 0 spiro atoms. The highest BCUT2D eigenvalue weighted by molar-refractivity contribution is 6.02. The van der Waals surface area contributed by atoms with E-state index < -0.39 is 17.8 Å². The van der Waals surface area contributed by atoms with Gasteiger partial charge in [0, 0.05) is 62.2 Å². The molecule has 39 heavy (non-hydrogen) atoms. The zero-order valence-corrected chi connectivity index (χ0v) is 21.3. The zero-order valence-electron chi connectivity index (χ0n) is 21.3. The molecule has 0 unspecified atom stereocenters. The molecule has 4 amide bonds. The molecule has 3 aliphatic rings. The maximum atomic E-state index is 13.5. The lowest BCUT2D eigenvalue weighted by Gasteiger charge is -2.37. The Kier molecular flexibility index (Phi) is 7.65. The summed E-state index contributed by atoms with van der Waals surface area (Å²) in [6.45, 7) is 3.34. The van der Waals surface area contributed by atoms with Crippen molar-refractivity contribution in [2.24, 2.45) is 5.92 Å². The number of amides is 4. The minimum Gasteiger partial charge on any atom is -0.378 e. The predicted octanol–water partition coefficient (Wildman–Crippen LogP) is 3.88. The summed E-state index contributed by atoms with van der Waals surface area (Å²) >= 11 is 0. The van der Waals surface area contributed by atoms with Crippen molar-refractivity contribution in [2.75, 3.05) is 68.0 Å². The minimum absolute atomic E-state index is 0.0261. The highest BCUT2D eigenvalue weighted by Crippen LogP contribution is 2.33. The van der Waals surface area contributed by atoms with E-state index in [1.165, 1.54) is 17.0 Å². The third kappa shape index (κ3) is 6.44. The fourth-order valence-electron chi connectivity index (χ4n) is 4.71. The second kappa shape index (κ2) is 11.1. The van der Waals surface area contributed by atoms with Gasteiger partial charge in [0.25, 0.3) is 5.91 Å². The van der Waals surface area contributed by atoms with Gasteiger partial charge in [-0.1, -0.05) is 6.07 Å². The SMILES string of the molecule is O=C(Nc1ccc(N2CCN(C(=O)Nc3cccc(C(F)(F)F)c3)CC2)c(C(=O)N2CCOCC2)c1)C1CC1. The molecular weight excluding hydrogens is 515 g/mol. The molecule has 2 heterocycles. The summed E-state index contributed by atoms with van der Waals surface area (Å²) in [5, 5.41) is 5.45. The summed E-state index contributed by atoms with van der Waals surface area (Å²) in [7, 11) is 0. The summed E-state index contributed by atoms with van der Waals surface area (Å²) in [6, 6.07) is 9.33. The van der Waals surface area contributed by atoms with Gasteiger partial charge in [0.05, 0.1) is 24.3 Å². The Morgan fingerprint density at radius 2 is 1.51 bits per heavy atom. The number of hydrogen-bond donors (Lipinski definition) is 2. The van der Waals surface area contributed by atoms with Crippen LogP contribution < -0.4 is 15.5 Å². The number of halogens is 3. The molecule has 0 atom stereocenters. The van der Waals surface area contributed by atoms with Gasteiger partial charge in [-0.05, 0) is 49.2 Å². The lowest BCUT2D eigenvalue weighted by atomic mass is 10.1. The molecule has 9 nitrogen and oxygen atoms in total. The van der Waals surface area contributed by atoms with Crippen LogP contribution in [0.5, 0.6) is 0 Å². The lowest BCUT2D eigenvalue weighted by molar-refractivity contribution is -0.137. The highest BCUT2D eigenvalue weighted by Gasteiger charge is 2.32. The molecule has 1 aliphatic carbocycles. The summed E-state index contributed by atoms with van der Waals surface area (Å²) in [6.07, 6.45) is -2.76. The van der Waals surface area contributed by atoms with Gasteiger partial charge < -0.3 is 30.1 Å². The van der Waals surface area contributed by atoms with E-state index in [1.54, 1.807) is 17.0 Å². The largest absolute Gasteiger partial charge is 0.416 e. The Balaban J connectivity index is 1.27. The van der Waals surface area contributed by atoms with Crippen LogP contribution in [-0.4, -0.2) is 80.1 Å². The van der Waals surface area contributed by atoms with Crippen LogP contribution in [0.15, 0.2) is 42.5 Å². The number of ether oxygens (including phenoxy) is 1. The third-order valence-electron chi connectivity index (χ3n) is 7.09. The normalized spacial score (nSPS) is 18.1. The summed E-state index contributed by atoms with van der Waals surface area (Å²) in [5.74, 6) is -0.174. The van der Waals surface area contributed by atoms with Crippen LogP contribution in [0, 0.1) is 5.92 Å². The second-order valence-corrected chi connectivity index (χ2v) is 9.88. The molecule has 208 valence electrons. The van der Waals surface area contributed by atoms with Crippen molar-refractivity contribution in [3.8, 4) is 0 Å². The molecule has 5 rings (SSSR count). The summed E-state index contributed by atoms with van der Waals surface area (Å²) < 4.78 is 44.4. The maximum Gasteiger partial charge on any atom is 0.416 e. The fraction of sp³-hybridized carbons (Fsp3) is 0.444. The summed E-state index contributed by atoms with van der Waals surface area (Å²) in [5.41, 5.74) is 0.964. The Morgan fingerprint density at radius 1 is 0.821 bits per heavy atom. The van der Waals surface area contributed by atoms with Crippen molar-refractivity contribution in [3.63, 3.8) is 0 Å². The Bertz CT molecular complexity index is 1240. The van der Waals surface area contributed by atoms with Gasteiger partial charge in [-0.2, -0.15) is 13.2 Å². The van der Waals surface area contributed by atoms with Crippen LogP contribution in [0.2, 0.25) is 0 Å². The van der Waals surface area contributed by atoms with E-state index in [-0.39, 0.29) is 23.4 Å². The quantitative estimate of drug-likeness (QED) is 0.595. The average molecular weight is 546 g/mol. The average Bonchev–Trinajstić information content (AvgIpc) is 3.79. The van der Waals surface area contributed by atoms with Crippen molar-refractivity contribution in [1.29, 1.82) is 0 Å². The van der Waals surface area contributed by atoms with Gasteiger partial charge in [0.2, 0.25) is 5.91 Å². The van der Waals surface area contributed by atoms with E-state index in [0.29, 0.717) is 69.4 Å². The number of nitrogens with one attached hydrogen (secondary N) is 2. The zero-order chi connectivity index (χ0) is 27.6. The molecular formula is C27H30F3N5O4. The van der Waals surface area contributed by atoms with Crippen molar-refractivity contribution >= 4 is 34.9 Å². The predicted molar refractivity (Wildman–Crippen MR) is 139 cm³/mol. The molecule has 0 radical (unpaired) electrons. The van der Waals surface area contributed by atoms with E-state index in [4.69, 9.17) is 4.74 Å². The van der Waals surface area contributed by atoms with Gasteiger partial charge in [0.15, 0.2) is 0 Å².